The minimum Gasteiger partial charge on any atom is -0.495 e. The first-order valence-electron chi connectivity index (χ1n) is 9.10. The highest BCUT2D eigenvalue weighted by Gasteiger charge is 2.27. The zero-order valence-corrected chi connectivity index (χ0v) is 15.8. The number of rotatable bonds is 7. The molecule has 2 fully saturated rings. The van der Waals surface area contributed by atoms with Crippen LogP contribution in [0, 0.1) is 0 Å². The number of carbonyl (C=O) groups is 1. The van der Waals surface area contributed by atoms with Crippen LogP contribution in [0.2, 0.25) is 0 Å². The third-order valence-electron chi connectivity index (χ3n) is 4.91. The number of benzene rings is 1. The van der Waals surface area contributed by atoms with Gasteiger partial charge in [-0.2, -0.15) is 0 Å². The van der Waals surface area contributed by atoms with E-state index in [0.29, 0.717) is 6.54 Å². The highest BCUT2D eigenvalue weighted by Crippen LogP contribution is 2.27. The average Bonchev–Trinajstić information content (AvgIpc) is 3.32. The van der Waals surface area contributed by atoms with Crippen LogP contribution in [0.25, 0.3) is 0 Å². The van der Waals surface area contributed by atoms with E-state index in [2.05, 4.69) is 10.0 Å². The summed E-state index contributed by atoms with van der Waals surface area (Å²) < 4.78 is 39.0. The second kappa shape index (κ2) is 8.37. The second-order valence-corrected chi connectivity index (χ2v) is 8.50. The maximum absolute atomic E-state index is 12.8. The molecule has 2 N–H and O–H groups in total. The largest absolute Gasteiger partial charge is 0.495 e. The van der Waals surface area contributed by atoms with Crippen molar-refractivity contribution in [3.05, 3.63) is 23.8 Å². The lowest BCUT2D eigenvalue weighted by Gasteiger charge is -2.16. The number of nitrogens with one attached hydrogen (secondary N) is 2. The molecule has 1 heterocycles. The zero-order valence-electron chi connectivity index (χ0n) is 15.0. The van der Waals surface area contributed by atoms with Gasteiger partial charge in [-0.1, -0.05) is 12.8 Å². The van der Waals surface area contributed by atoms with Crippen LogP contribution < -0.4 is 14.8 Å². The van der Waals surface area contributed by atoms with Crippen LogP contribution in [0.4, 0.5) is 0 Å². The quantitative estimate of drug-likeness (QED) is 0.750. The SMILES string of the molecule is COc1ccc(C(=O)NCC2CCCO2)cc1S(=O)(=O)NC1CCCC1. The third kappa shape index (κ3) is 4.55. The van der Waals surface area contributed by atoms with E-state index in [-0.39, 0.29) is 34.3 Å². The summed E-state index contributed by atoms with van der Waals surface area (Å²) in [5.41, 5.74) is 0.288. The third-order valence-corrected chi connectivity index (χ3v) is 6.45. The Balaban J connectivity index is 1.75. The topological polar surface area (TPSA) is 93.7 Å². The van der Waals surface area contributed by atoms with Gasteiger partial charge in [-0.25, -0.2) is 13.1 Å². The van der Waals surface area contributed by atoms with Crippen LogP contribution in [-0.4, -0.2) is 46.7 Å². The monoisotopic (exact) mass is 382 g/mol. The number of amides is 1. The normalized spacial score (nSPS) is 21.0. The Kier molecular flexibility index (Phi) is 6.16. The molecule has 0 aromatic heterocycles. The van der Waals surface area contributed by atoms with Gasteiger partial charge in [-0.3, -0.25) is 4.79 Å². The van der Waals surface area contributed by atoms with Crippen LogP contribution in [0.1, 0.15) is 48.9 Å². The van der Waals surface area contributed by atoms with Crippen molar-refractivity contribution in [3.8, 4) is 5.75 Å². The number of hydrogen-bond donors (Lipinski definition) is 2. The Morgan fingerprint density at radius 3 is 2.65 bits per heavy atom. The van der Waals surface area contributed by atoms with E-state index in [4.69, 9.17) is 9.47 Å². The van der Waals surface area contributed by atoms with Crippen molar-refractivity contribution in [3.63, 3.8) is 0 Å². The van der Waals surface area contributed by atoms with Crippen LogP contribution >= 0.6 is 0 Å². The summed E-state index contributed by atoms with van der Waals surface area (Å²) in [6.45, 7) is 1.14. The molecular formula is C18H26N2O5S. The Labute approximate surface area is 154 Å². The van der Waals surface area contributed by atoms with Gasteiger partial charge < -0.3 is 14.8 Å². The molecule has 144 valence electrons. The highest BCUT2D eigenvalue weighted by atomic mass is 32.2. The predicted molar refractivity (Wildman–Crippen MR) is 96.9 cm³/mol. The first kappa shape index (κ1) is 19.1. The molecule has 1 aromatic carbocycles. The molecule has 0 bridgehead atoms. The maximum Gasteiger partial charge on any atom is 0.251 e. The summed E-state index contributed by atoms with van der Waals surface area (Å²) >= 11 is 0. The van der Waals surface area contributed by atoms with Crippen molar-refractivity contribution in [2.45, 2.75) is 55.6 Å². The smallest absolute Gasteiger partial charge is 0.251 e. The second-order valence-electron chi connectivity index (χ2n) is 6.81. The lowest BCUT2D eigenvalue weighted by Crippen LogP contribution is -2.34. The van der Waals surface area contributed by atoms with Crippen molar-refractivity contribution in [2.24, 2.45) is 0 Å². The summed E-state index contributed by atoms with van der Waals surface area (Å²) in [5, 5.41) is 2.81. The molecule has 1 saturated carbocycles. The van der Waals surface area contributed by atoms with Crippen molar-refractivity contribution in [1.29, 1.82) is 0 Å². The van der Waals surface area contributed by atoms with E-state index in [1.165, 1.54) is 19.2 Å². The highest BCUT2D eigenvalue weighted by molar-refractivity contribution is 7.89. The first-order chi connectivity index (χ1) is 12.5. The van der Waals surface area contributed by atoms with E-state index < -0.39 is 10.0 Å². The maximum atomic E-state index is 12.8. The summed E-state index contributed by atoms with van der Waals surface area (Å²) in [6.07, 6.45) is 5.68. The summed E-state index contributed by atoms with van der Waals surface area (Å²) in [4.78, 5) is 12.4. The van der Waals surface area contributed by atoms with Crippen LogP contribution in [-0.2, 0) is 14.8 Å². The first-order valence-corrected chi connectivity index (χ1v) is 10.6. The van der Waals surface area contributed by atoms with Gasteiger partial charge >= 0.3 is 0 Å². The Hall–Kier alpha value is -1.64. The lowest BCUT2D eigenvalue weighted by molar-refractivity contribution is 0.0857. The van der Waals surface area contributed by atoms with Gasteiger partial charge in [0, 0.05) is 24.8 Å². The Bertz CT molecular complexity index is 738. The molecule has 1 aromatic rings. The molecule has 0 radical (unpaired) electrons. The fourth-order valence-corrected chi connectivity index (χ4v) is 4.97. The number of sulfonamides is 1. The fraction of sp³-hybridized carbons (Fsp3) is 0.611. The molecule has 1 amide bonds. The van der Waals surface area contributed by atoms with Gasteiger partial charge in [-0.05, 0) is 43.9 Å². The molecule has 8 heteroatoms. The van der Waals surface area contributed by atoms with Gasteiger partial charge in [0.1, 0.15) is 10.6 Å². The van der Waals surface area contributed by atoms with Crippen molar-refractivity contribution < 1.29 is 22.7 Å². The lowest BCUT2D eigenvalue weighted by atomic mass is 10.2. The number of methoxy groups -OCH3 is 1. The summed E-state index contributed by atoms with van der Waals surface area (Å²) in [6, 6.07) is 4.41. The minimum absolute atomic E-state index is 0.00309. The fourth-order valence-electron chi connectivity index (χ4n) is 3.47. The molecule has 26 heavy (non-hydrogen) atoms. The molecule has 2 aliphatic rings. The van der Waals surface area contributed by atoms with Crippen LogP contribution in [0.3, 0.4) is 0 Å². The van der Waals surface area contributed by atoms with Crippen molar-refractivity contribution >= 4 is 15.9 Å². The molecular weight excluding hydrogens is 356 g/mol. The van der Waals surface area contributed by atoms with E-state index >= 15 is 0 Å². The van der Waals surface area contributed by atoms with Crippen LogP contribution in [0.5, 0.6) is 5.75 Å². The van der Waals surface area contributed by atoms with Gasteiger partial charge in [0.15, 0.2) is 0 Å². The number of carbonyl (C=O) groups excluding carboxylic acids is 1. The van der Waals surface area contributed by atoms with Gasteiger partial charge in [0.05, 0.1) is 13.2 Å². The minimum atomic E-state index is -3.75. The molecule has 1 atom stereocenters. The number of ether oxygens (including phenoxy) is 2. The Morgan fingerprint density at radius 1 is 1.23 bits per heavy atom. The van der Waals surface area contributed by atoms with Crippen LogP contribution in [0.15, 0.2) is 23.1 Å². The average molecular weight is 382 g/mol. The molecule has 3 rings (SSSR count). The van der Waals surface area contributed by atoms with Gasteiger partial charge in [-0.15, -0.1) is 0 Å². The predicted octanol–water partition coefficient (Wildman–Crippen LogP) is 1.82. The zero-order chi connectivity index (χ0) is 18.6. The molecule has 1 saturated heterocycles. The molecule has 0 spiro atoms. The van der Waals surface area contributed by atoms with E-state index in [9.17, 15) is 13.2 Å². The Morgan fingerprint density at radius 2 is 2.00 bits per heavy atom. The molecule has 1 aliphatic heterocycles. The standard InChI is InChI=1S/C18H26N2O5S/c1-24-16-9-8-13(18(21)19-12-15-7-4-10-25-15)11-17(16)26(22,23)20-14-5-2-3-6-14/h8-9,11,14-15,20H,2-7,10,12H2,1H3,(H,19,21). The van der Waals surface area contributed by atoms with Crippen molar-refractivity contribution in [2.75, 3.05) is 20.3 Å². The summed E-state index contributed by atoms with van der Waals surface area (Å²) in [5.74, 6) is -0.0911. The molecule has 7 nitrogen and oxygen atoms in total. The van der Waals surface area contributed by atoms with E-state index in [1.54, 1.807) is 6.07 Å². The number of hydrogen-bond acceptors (Lipinski definition) is 5. The van der Waals surface area contributed by atoms with Gasteiger partial charge in [0.25, 0.3) is 5.91 Å². The molecule has 1 aliphatic carbocycles. The van der Waals surface area contributed by atoms with Gasteiger partial charge in [0.2, 0.25) is 10.0 Å². The van der Waals surface area contributed by atoms with E-state index in [1.807, 2.05) is 0 Å². The summed E-state index contributed by atoms with van der Waals surface area (Å²) in [7, 11) is -2.34. The van der Waals surface area contributed by atoms with E-state index in [0.717, 1.165) is 45.1 Å². The van der Waals surface area contributed by atoms with Crippen molar-refractivity contribution in [1.82, 2.24) is 10.0 Å². The molecule has 1 unspecified atom stereocenters.